The summed E-state index contributed by atoms with van der Waals surface area (Å²) >= 11 is 0. The maximum Gasteiger partial charge on any atom is 0.0991 e. The van der Waals surface area contributed by atoms with Crippen LogP contribution in [0.25, 0.3) is 32.7 Å². The molecule has 1 aliphatic carbocycles. The summed E-state index contributed by atoms with van der Waals surface area (Å²) in [7, 11) is 0. The number of hydrogen-bond donors (Lipinski definition) is 0. The first-order valence-electron chi connectivity index (χ1n) is 13.4. The lowest BCUT2D eigenvalue weighted by Gasteiger charge is -2.50. The molecule has 1 saturated carbocycles. The lowest BCUT2D eigenvalue weighted by molar-refractivity contribution is 0.195. The van der Waals surface area contributed by atoms with Gasteiger partial charge in [0.05, 0.1) is 17.2 Å². The summed E-state index contributed by atoms with van der Waals surface area (Å²) < 4.78 is 0. The monoisotopic (exact) mass is 478 g/mol. The van der Waals surface area contributed by atoms with Gasteiger partial charge in [-0.1, -0.05) is 74.4 Å². The van der Waals surface area contributed by atoms with E-state index in [1.54, 1.807) is 0 Å². The van der Waals surface area contributed by atoms with Crippen molar-refractivity contribution in [3.05, 3.63) is 108 Å². The lowest BCUT2D eigenvalue weighted by atomic mass is 9.61. The Morgan fingerprint density at radius 2 is 1.38 bits per heavy atom. The Labute approximate surface area is 218 Å². The van der Waals surface area contributed by atoms with Gasteiger partial charge < -0.3 is 4.90 Å². The van der Waals surface area contributed by atoms with Crippen molar-refractivity contribution >= 4 is 32.9 Å². The van der Waals surface area contributed by atoms with E-state index in [2.05, 4.69) is 110 Å². The minimum atomic E-state index is -0.0127. The zero-order valence-corrected chi connectivity index (χ0v) is 21.5. The first kappa shape index (κ1) is 22.1. The van der Waals surface area contributed by atoms with Gasteiger partial charge in [-0.15, -0.1) is 0 Å². The fourth-order valence-electron chi connectivity index (χ4n) is 7.30. The number of anilines is 2. The minimum absolute atomic E-state index is 0.0127. The molecule has 2 aliphatic rings. The molecule has 0 radical (unpaired) electrons. The molecule has 180 valence electrons. The zero-order valence-electron chi connectivity index (χ0n) is 21.5. The summed E-state index contributed by atoms with van der Waals surface area (Å²) in [6, 6.07) is 37.5. The second-order valence-corrected chi connectivity index (χ2v) is 11.2. The van der Waals surface area contributed by atoms with E-state index in [4.69, 9.17) is 0 Å². The van der Waals surface area contributed by atoms with E-state index in [1.807, 2.05) is 12.1 Å². The number of fused-ring (bicyclic) bond motifs is 5. The standard InChI is InChI=1S/C35H30N2/c1-34-19-7-8-20-35(34,2)37(28-16-13-24(23-36)14-17-28)32-18-15-27(22-31(32)34)33-29-11-5-3-9-25(29)21-26-10-4-6-12-30(26)33/h3-6,9-18,21-22H,7-8,19-20H2,1-2H3. The maximum absolute atomic E-state index is 9.36. The molecule has 37 heavy (non-hydrogen) atoms. The Hall–Kier alpha value is -4.09. The SMILES string of the molecule is CC12CCCCC1(C)N(c1ccc(C#N)cc1)c1ccc(-c3c4ccccc4cc4ccccc34)cc12. The summed E-state index contributed by atoms with van der Waals surface area (Å²) in [6.45, 7) is 4.94. The van der Waals surface area contributed by atoms with Crippen LogP contribution in [-0.4, -0.2) is 5.54 Å². The number of nitriles is 1. The first-order valence-corrected chi connectivity index (χ1v) is 13.4. The molecular weight excluding hydrogens is 448 g/mol. The Bertz CT molecular complexity index is 1670. The molecular formula is C35H30N2. The molecule has 0 N–H and O–H groups in total. The molecule has 1 aliphatic heterocycles. The molecule has 0 bridgehead atoms. The van der Waals surface area contributed by atoms with Crippen LogP contribution in [0.15, 0.2) is 97.1 Å². The van der Waals surface area contributed by atoms with Crippen LogP contribution in [0.4, 0.5) is 11.4 Å². The summed E-state index contributed by atoms with van der Waals surface area (Å²) in [6.07, 6.45) is 4.84. The minimum Gasteiger partial charge on any atom is -0.334 e. The van der Waals surface area contributed by atoms with Crippen LogP contribution in [0, 0.1) is 11.3 Å². The predicted octanol–water partition coefficient (Wildman–Crippen LogP) is 9.27. The third-order valence-electron chi connectivity index (χ3n) is 9.42. The highest BCUT2D eigenvalue weighted by Gasteiger charge is 2.57. The Morgan fingerprint density at radius 3 is 2.05 bits per heavy atom. The van der Waals surface area contributed by atoms with E-state index in [0.29, 0.717) is 5.56 Å². The Balaban J connectivity index is 1.49. The van der Waals surface area contributed by atoms with Gasteiger partial charge in [0.2, 0.25) is 0 Å². The van der Waals surface area contributed by atoms with Crippen molar-refractivity contribution in [2.45, 2.75) is 50.5 Å². The van der Waals surface area contributed by atoms with Gasteiger partial charge in [-0.2, -0.15) is 5.26 Å². The van der Waals surface area contributed by atoms with Crippen LogP contribution in [0.1, 0.15) is 50.7 Å². The Morgan fingerprint density at radius 1 is 0.730 bits per heavy atom. The van der Waals surface area contributed by atoms with E-state index in [-0.39, 0.29) is 11.0 Å². The van der Waals surface area contributed by atoms with Crippen LogP contribution in [0.2, 0.25) is 0 Å². The van der Waals surface area contributed by atoms with Gasteiger partial charge in [-0.3, -0.25) is 0 Å². The third-order valence-corrected chi connectivity index (χ3v) is 9.42. The molecule has 2 heteroatoms. The van der Waals surface area contributed by atoms with Crippen LogP contribution in [0.3, 0.4) is 0 Å². The van der Waals surface area contributed by atoms with E-state index in [0.717, 1.165) is 6.42 Å². The fraction of sp³-hybridized carbons (Fsp3) is 0.229. The number of nitrogens with zero attached hydrogens (tertiary/aromatic N) is 2. The first-order chi connectivity index (χ1) is 18.0. The number of benzene rings is 5. The summed E-state index contributed by atoms with van der Waals surface area (Å²) in [5.74, 6) is 0. The topological polar surface area (TPSA) is 27.0 Å². The molecule has 2 atom stereocenters. The van der Waals surface area contributed by atoms with Gasteiger partial charge in [0.25, 0.3) is 0 Å². The number of hydrogen-bond acceptors (Lipinski definition) is 2. The molecule has 5 aromatic carbocycles. The van der Waals surface area contributed by atoms with Crippen molar-refractivity contribution in [2.24, 2.45) is 0 Å². The van der Waals surface area contributed by atoms with Crippen molar-refractivity contribution in [1.29, 1.82) is 5.26 Å². The maximum atomic E-state index is 9.36. The highest BCUT2D eigenvalue weighted by molar-refractivity contribution is 6.12. The predicted molar refractivity (Wildman–Crippen MR) is 154 cm³/mol. The zero-order chi connectivity index (χ0) is 25.2. The van der Waals surface area contributed by atoms with Gasteiger partial charge >= 0.3 is 0 Å². The van der Waals surface area contributed by atoms with E-state index >= 15 is 0 Å². The molecule has 0 amide bonds. The quantitative estimate of drug-likeness (QED) is 0.236. The largest absolute Gasteiger partial charge is 0.334 e. The van der Waals surface area contributed by atoms with Crippen LogP contribution >= 0.6 is 0 Å². The van der Waals surface area contributed by atoms with E-state index in [9.17, 15) is 5.26 Å². The van der Waals surface area contributed by atoms with Gasteiger partial charge in [0.1, 0.15) is 0 Å². The van der Waals surface area contributed by atoms with E-state index < -0.39 is 0 Å². The molecule has 7 rings (SSSR count). The highest BCUT2D eigenvalue weighted by atomic mass is 15.3. The summed E-state index contributed by atoms with van der Waals surface area (Å²) in [5, 5.41) is 14.5. The lowest BCUT2D eigenvalue weighted by Crippen LogP contribution is -2.54. The average molecular weight is 479 g/mol. The second-order valence-electron chi connectivity index (χ2n) is 11.2. The van der Waals surface area contributed by atoms with Crippen molar-refractivity contribution in [2.75, 3.05) is 4.90 Å². The molecule has 0 saturated heterocycles. The molecule has 5 aromatic rings. The molecule has 2 unspecified atom stereocenters. The van der Waals surface area contributed by atoms with E-state index in [1.165, 1.54) is 68.9 Å². The van der Waals surface area contributed by atoms with Gasteiger partial charge in [-0.25, -0.2) is 0 Å². The van der Waals surface area contributed by atoms with Crippen molar-refractivity contribution in [3.8, 4) is 17.2 Å². The fourth-order valence-corrected chi connectivity index (χ4v) is 7.30. The number of rotatable bonds is 2. The smallest absolute Gasteiger partial charge is 0.0991 e. The van der Waals surface area contributed by atoms with Crippen molar-refractivity contribution in [3.63, 3.8) is 0 Å². The summed E-state index contributed by atoms with van der Waals surface area (Å²) in [5.41, 5.74) is 7.30. The van der Waals surface area contributed by atoms with Gasteiger partial charge in [0.15, 0.2) is 0 Å². The second kappa shape index (κ2) is 7.95. The Kier molecular flexibility index (Phi) is 4.76. The molecule has 0 spiro atoms. The third kappa shape index (κ3) is 3.04. The normalized spacial score (nSPS) is 22.6. The van der Waals surface area contributed by atoms with Crippen LogP contribution < -0.4 is 4.90 Å². The average Bonchev–Trinajstić information content (AvgIpc) is 3.14. The highest BCUT2D eigenvalue weighted by Crippen LogP contribution is 2.61. The molecule has 0 aromatic heterocycles. The van der Waals surface area contributed by atoms with Crippen molar-refractivity contribution < 1.29 is 0 Å². The molecule has 1 fully saturated rings. The van der Waals surface area contributed by atoms with Gasteiger partial charge in [-0.05, 0) is 100 Å². The molecule has 1 heterocycles. The van der Waals surface area contributed by atoms with Crippen LogP contribution in [0.5, 0.6) is 0 Å². The van der Waals surface area contributed by atoms with Gasteiger partial charge in [0, 0.05) is 16.8 Å². The molecule has 2 nitrogen and oxygen atoms in total. The van der Waals surface area contributed by atoms with Crippen molar-refractivity contribution in [1.82, 2.24) is 0 Å². The van der Waals surface area contributed by atoms with Crippen LogP contribution in [-0.2, 0) is 5.41 Å². The summed E-state index contributed by atoms with van der Waals surface area (Å²) in [4.78, 5) is 2.58.